The van der Waals surface area contributed by atoms with Gasteiger partial charge >= 0.3 is 6.03 Å². The topological polar surface area (TPSA) is 122 Å². The Morgan fingerprint density at radius 1 is 1.09 bits per heavy atom. The van der Waals surface area contributed by atoms with Crippen LogP contribution in [0.1, 0.15) is 12.5 Å². The number of ether oxygens (including phenoxy) is 1. The van der Waals surface area contributed by atoms with Gasteiger partial charge in [0.1, 0.15) is 24.0 Å². The molecule has 164 valence electrons. The molecule has 9 nitrogen and oxygen atoms in total. The molecule has 0 aliphatic carbocycles. The van der Waals surface area contributed by atoms with Crippen molar-refractivity contribution in [2.45, 2.75) is 18.6 Å². The largest absolute Gasteiger partial charge is 0.491 e. The first-order valence-corrected chi connectivity index (χ1v) is 9.96. The molecule has 2 N–H and O–H groups in total. The molecule has 1 heterocycles. The van der Waals surface area contributed by atoms with Gasteiger partial charge in [-0.2, -0.15) is 0 Å². The molecule has 0 spiro atoms. The number of benzene rings is 3. The third-order valence-electron chi connectivity index (χ3n) is 5.49. The van der Waals surface area contributed by atoms with Gasteiger partial charge in [-0.25, -0.2) is 4.79 Å². The van der Waals surface area contributed by atoms with Gasteiger partial charge in [-0.3, -0.25) is 19.8 Å². The molecular weight excluding hydrogens is 414 g/mol. The van der Waals surface area contributed by atoms with Crippen LogP contribution in [0.25, 0.3) is 10.8 Å². The SMILES string of the molecule is CC1(c2ccc([N+](=O)[O-])cc2)NC(=O)N(CC(O)COc2ccc3ccccc3c2)C1=O. The normalized spacial score (nSPS) is 19.1. The van der Waals surface area contributed by atoms with E-state index in [4.69, 9.17) is 4.74 Å². The Hall–Kier alpha value is -3.98. The van der Waals surface area contributed by atoms with Crippen LogP contribution in [-0.2, 0) is 10.3 Å². The third-order valence-corrected chi connectivity index (χ3v) is 5.49. The molecule has 1 fully saturated rings. The van der Waals surface area contributed by atoms with E-state index in [2.05, 4.69) is 5.32 Å². The van der Waals surface area contributed by atoms with E-state index in [1.807, 2.05) is 36.4 Å². The first-order valence-electron chi connectivity index (χ1n) is 9.96. The monoisotopic (exact) mass is 435 g/mol. The van der Waals surface area contributed by atoms with Gasteiger partial charge in [0.2, 0.25) is 0 Å². The summed E-state index contributed by atoms with van der Waals surface area (Å²) in [6.45, 7) is 1.16. The van der Waals surface area contributed by atoms with Crippen molar-refractivity contribution in [3.05, 3.63) is 82.4 Å². The van der Waals surface area contributed by atoms with Crippen LogP contribution in [0.2, 0.25) is 0 Å². The van der Waals surface area contributed by atoms with Crippen LogP contribution in [0, 0.1) is 10.1 Å². The van der Waals surface area contributed by atoms with Gasteiger partial charge in [0, 0.05) is 12.1 Å². The fourth-order valence-corrected chi connectivity index (χ4v) is 3.69. The molecule has 32 heavy (non-hydrogen) atoms. The summed E-state index contributed by atoms with van der Waals surface area (Å²) >= 11 is 0. The van der Waals surface area contributed by atoms with Gasteiger partial charge in [0.25, 0.3) is 11.6 Å². The first-order chi connectivity index (χ1) is 15.3. The van der Waals surface area contributed by atoms with Crippen molar-refractivity contribution in [2.75, 3.05) is 13.2 Å². The van der Waals surface area contributed by atoms with E-state index in [9.17, 15) is 24.8 Å². The van der Waals surface area contributed by atoms with Crippen molar-refractivity contribution < 1.29 is 24.4 Å². The van der Waals surface area contributed by atoms with E-state index >= 15 is 0 Å². The highest BCUT2D eigenvalue weighted by Gasteiger charge is 2.49. The molecular formula is C23H21N3O6. The molecule has 1 aliphatic rings. The Labute approximate surface area is 183 Å². The maximum Gasteiger partial charge on any atom is 0.325 e. The minimum Gasteiger partial charge on any atom is -0.491 e. The molecule has 9 heteroatoms. The van der Waals surface area contributed by atoms with Crippen molar-refractivity contribution >= 4 is 28.4 Å². The summed E-state index contributed by atoms with van der Waals surface area (Å²) in [4.78, 5) is 36.6. The number of amides is 3. The lowest BCUT2D eigenvalue weighted by atomic mass is 9.92. The molecule has 2 unspecified atom stereocenters. The molecule has 1 aliphatic heterocycles. The van der Waals surface area contributed by atoms with E-state index in [1.54, 1.807) is 6.07 Å². The van der Waals surface area contributed by atoms with E-state index in [-0.39, 0.29) is 18.8 Å². The molecule has 2 atom stereocenters. The number of carbonyl (C=O) groups is 2. The Balaban J connectivity index is 1.41. The van der Waals surface area contributed by atoms with Gasteiger partial charge in [0.05, 0.1) is 11.5 Å². The number of hydrogen-bond acceptors (Lipinski definition) is 6. The average molecular weight is 435 g/mol. The number of carbonyl (C=O) groups excluding carboxylic acids is 2. The highest BCUT2D eigenvalue weighted by Crippen LogP contribution is 2.30. The number of β-amino-alcohol motifs (C(OH)–C–C–N with tert-alkyl or cyclic N) is 1. The molecule has 4 rings (SSSR count). The van der Waals surface area contributed by atoms with Crippen LogP contribution in [0.15, 0.2) is 66.7 Å². The molecule has 3 aromatic rings. The second-order valence-corrected chi connectivity index (χ2v) is 7.75. The number of nitro benzene ring substituents is 1. The minimum absolute atomic E-state index is 0.107. The Bertz CT molecular complexity index is 1200. The lowest BCUT2D eigenvalue weighted by molar-refractivity contribution is -0.384. The van der Waals surface area contributed by atoms with E-state index in [1.165, 1.54) is 31.2 Å². The number of nitrogens with one attached hydrogen (secondary N) is 1. The molecule has 3 aromatic carbocycles. The number of aliphatic hydroxyl groups is 1. The quantitative estimate of drug-likeness (QED) is 0.334. The average Bonchev–Trinajstić information content (AvgIpc) is 3.01. The molecule has 0 bridgehead atoms. The summed E-state index contributed by atoms with van der Waals surface area (Å²) in [5.74, 6) is 0.0109. The molecule has 3 amide bonds. The number of fused-ring (bicyclic) bond motifs is 1. The van der Waals surface area contributed by atoms with E-state index < -0.39 is 28.5 Å². The highest BCUT2D eigenvalue weighted by molar-refractivity contribution is 6.07. The Morgan fingerprint density at radius 2 is 1.78 bits per heavy atom. The number of aliphatic hydroxyl groups excluding tert-OH is 1. The predicted octanol–water partition coefficient (Wildman–Crippen LogP) is 2.95. The van der Waals surface area contributed by atoms with Crippen LogP contribution in [0.3, 0.4) is 0 Å². The number of nitro groups is 1. The first kappa shape index (κ1) is 21.3. The van der Waals surface area contributed by atoms with Gasteiger partial charge in [-0.15, -0.1) is 0 Å². The Kier molecular flexibility index (Phi) is 5.50. The number of imide groups is 1. The van der Waals surface area contributed by atoms with Crippen molar-refractivity contribution in [3.63, 3.8) is 0 Å². The van der Waals surface area contributed by atoms with E-state index in [0.29, 0.717) is 11.3 Å². The maximum absolute atomic E-state index is 13.0. The second kappa shape index (κ2) is 8.27. The third kappa shape index (κ3) is 3.97. The smallest absolute Gasteiger partial charge is 0.325 e. The maximum atomic E-state index is 13.0. The number of rotatable bonds is 7. The minimum atomic E-state index is -1.38. The van der Waals surface area contributed by atoms with Crippen LogP contribution >= 0.6 is 0 Å². The number of hydrogen-bond donors (Lipinski definition) is 2. The number of nitrogens with zero attached hydrogens (tertiary/aromatic N) is 2. The number of non-ortho nitro benzene ring substituents is 1. The lowest BCUT2D eigenvalue weighted by Crippen LogP contribution is -2.42. The van der Waals surface area contributed by atoms with Gasteiger partial charge in [-0.1, -0.05) is 30.3 Å². The zero-order chi connectivity index (χ0) is 22.9. The molecule has 0 radical (unpaired) electrons. The molecule has 1 saturated heterocycles. The zero-order valence-corrected chi connectivity index (χ0v) is 17.2. The van der Waals surface area contributed by atoms with Crippen molar-refractivity contribution in [1.82, 2.24) is 10.2 Å². The fourth-order valence-electron chi connectivity index (χ4n) is 3.69. The zero-order valence-electron chi connectivity index (χ0n) is 17.2. The van der Waals surface area contributed by atoms with Crippen LogP contribution in [-0.4, -0.2) is 46.1 Å². The van der Waals surface area contributed by atoms with Gasteiger partial charge < -0.3 is 15.2 Å². The van der Waals surface area contributed by atoms with Gasteiger partial charge in [0.15, 0.2) is 0 Å². The number of urea groups is 1. The fraction of sp³-hybridized carbons (Fsp3) is 0.217. The summed E-state index contributed by atoms with van der Waals surface area (Å²) in [6, 6.07) is 18.1. The summed E-state index contributed by atoms with van der Waals surface area (Å²) < 4.78 is 5.65. The van der Waals surface area contributed by atoms with Crippen molar-refractivity contribution in [3.8, 4) is 5.75 Å². The summed E-state index contributed by atoms with van der Waals surface area (Å²) in [5.41, 5.74) is -1.09. The summed E-state index contributed by atoms with van der Waals surface area (Å²) in [5, 5.41) is 25.9. The van der Waals surface area contributed by atoms with Crippen LogP contribution in [0.4, 0.5) is 10.5 Å². The van der Waals surface area contributed by atoms with Crippen LogP contribution in [0.5, 0.6) is 5.75 Å². The van der Waals surface area contributed by atoms with Crippen LogP contribution < -0.4 is 10.1 Å². The van der Waals surface area contributed by atoms with Gasteiger partial charge in [-0.05, 0) is 47.5 Å². The second-order valence-electron chi connectivity index (χ2n) is 7.75. The van der Waals surface area contributed by atoms with E-state index in [0.717, 1.165) is 15.7 Å². The lowest BCUT2D eigenvalue weighted by Gasteiger charge is -2.23. The van der Waals surface area contributed by atoms with Crippen molar-refractivity contribution in [1.29, 1.82) is 0 Å². The summed E-state index contributed by atoms with van der Waals surface area (Å²) in [6.07, 6.45) is -1.10. The van der Waals surface area contributed by atoms with Crippen molar-refractivity contribution in [2.24, 2.45) is 0 Å². The predicted molar refractivity (Wildman–Crippen MR) is 116 cm³/mol. The molecule has 0 saturated carbocycles. The standard InChI is InChI=1S/C23H21N3O6/c1-23(17-7-9-18(10-8-17)26(30)31)21(28)25(22(29)24-23)13-19(27)14-32-20-11-6-15-4-2-3-5-16(15)12-20/h2-12,19,27H,13-14H2,1H3,(H,24,29). The molecule has 0 aromatic heterocycles. The Morgan fingerprint density at radius 3 is 2.47 bits per heavy atom. The highest BCUT2D eigenvalue weighted by atomic mass is 16.6. The summed E-state index contributed by atoms with van der Waals surface area (Å²) in [7, 11) is 0.